The van der Waals surface area contributed by atoms with Gasteiger partial charge in [-0.2, -0.15) is 0 Å². The van der Waals surface area contributed by atoms with E-state index >= 15 is 0 Å². The molecular weight excluding hydrogens is 340 g/mol. The second-order valence-corrected chi connectivity index (χ2v) is 6.18. The molecule has 27 heavy (non-hydrogen) atoms. The van der Waals surface area contributed by atoms with Crippen molar-refractivity contribution in [2.75, 3.05) is 17.7 Å². The molecular formula is C21H22N4O2. The monoisotopic (exact) mass is 362 g/mol. The molecule has 0 bridgehead atoms. The van der Waals surface area contributed by atoms with Crippen LogP contribution >= 0.6 is 0 Å². The fourth-order valence-corrected chi connectivity index (χ4v) is 2.62. The molecule has 2 N–H and O–H groups in total. The van der Waals surface area contributed by atoms with Crippen LogP contribution in [0.4, 0.5) is 11.6 Å². The Morgan fingerprint density at radius 1 is 1.04 bits per heavy atom. The van der Waals surface area contributed by atoms with Gasteiger partial charge in [-0.15, -0.1) is 0 Å². The number of aryl methyl sites for hydroxylation is 2. The largest absolute Gasteiger partial charge is 0.497 e. The SMILES string of the molecule is COc1ccc(NC(=O)c2cc(C)nc(NCc3ccccc3C)n2)cc1. The number of nitrogens with one attached hydrogen (secondary N) is 2. The first kappa shape index (κ1) is 18.4. The Hall–Kier alpha value is -3.41. The fourth-order valence-electron chi connectivity index (χ4n) is 2.62. The summed E-state index contributed by atoms with van der Waals surface area (Å²) in [5, 5.41) is 6.03. The van der Waals surface area contributed by atoms with Gasteiger partial charge < -0.3 is 15.4 Å². The molecule has 0 aliphatic carbocycles. The van der Waals surface area contributed by atoms with E-state index in [0.29, 0.717) is 23.9 Å². The maximum atomic E-state index is 12.5. The van der Waals surface area contributed by atoms with Gasteiger partial charge in [0.05, 0.1) is 7.11 Å². The highest BCUT2D eigenvalue weighted by Gasteiger charge is 2.11. The van der Waals surface area contributed by atoms with E-state index in [2.05, 4.69) is 39.7 Å². The van der Waals surface area contributed by atoms with Crippen LogP contribution in [0.25, 0.3) is 0 Å². The molecule has 3 aromatic rings. The van der Waals surface area contributed by atoms with Gasteiger partial charge in [0, 0.05) is 17.9 Å². The van der Waals surface area contributed by atoms with E-state index < -0.39 is 0 Å². The highest BCUT2D eigenvalue weighted by Crippen LogP contribution is 2.16. The van der Waals surface area contributed by atoms with Gasteiger partial charge in [-0.3, -0.25) is 4.79 Å². The van der Waals surface area contributed by atoms with E-state index in [4.69, 9.17) is 4.74 Å². The molecule has 138 valence electrons. The molecule has 3 rings (SSSR count). The average Bonchev–Trinajstić information content (AvgIpc) is 2.67. The van der Waals surface area contributed by atoms with E-state index in [1.54, 1.807) is 37.4 Å². The summed E-state index contributed by atoms with van der Waals surface area (Å²) < 4.78 is 5.12. The van der Waals surface area contributed by atoms with E-state index in [-0.39, 0.29) is 5.91 Å². The van der Waals surface area contributed by atoms with Crippen molar-refractivity contribution >= 4 is 17.5 Å². The standard InChI is InChI=1S/C21H22N4O2/c1-14-6-4-5-7-16(14)13-22-21-23-15(2)12-19(25-21)20(26)24-17-8-10-18(27-3)11-9-17/h4-12H,13H2,1-3H3,(H,24,26)(H,22,23,25). The lowest BCUT2D eigenvalue weighted by atomic mass is 10.1. The van der Waals surface area contributed by atoms with Gasteiger partial charge in [0.2, 0.25) is 5.95 Å². The molecule has 0 atom stereocenters. The molecule has 0 aliphatic rings. The third-order valence-corrected chi connectivity index (χ3v) is 4.13. The lowest BCUT2D eigenvalue weighted by Gasteiger charge is -2.10. The summed E-state index contributed by atoms with van der Waals surface area (Å²) in [7, 11) is 1.60. The van der Waals surface area contributed by atoms with E-state index in [0.717, 1.165) is 17.0 Å². The second-order valence-electron chi connectivity index (χ2n) is 6.18. The number of methoxy groups -OCH3 is 1. The van der Waals surface area contributed by atoms with Crippen LogP contribution in [0.2, 0.25) is 0 Å². The zero-order valence-corrected chi connectivity index (χ0v) is 15.6. The lowest BCUT2D eigenvalue weighted by molar-refractivity contribution is 0.102. The Kier molecular flexibility index (Phi) is 5.66. The molecule has 0 spiro atoms. The molecule has 6 nitrogen and oxygen atoms in total. The number of hydrogen-bond donors (Lipinski definition) is 2. The predicted octanol–water partition coefficient (Wildman–Crippen LogP) is 3.97. The zero-order chi connectivity index (χ0) is 19.2. The summed E-state index contributed by atoms with van der Waals surface area (Å²) in [4.78, 5) is 21.3. The van der Waals surface area contributed by atoms with E-state index in [1.807, 2.05) is 19.1 Å². The maximum absolute atomic E-state index is 12.5. The number of amides is 1. The highest BCUT2D eigenvalue weighted by atomic mass is 16.5. The number of anilines is 2. The van der Waals surface area contributed by atoms with Crippen LogP contribution in [0.3, 0.4) is 0 Å². The molecule has 0 saturated heterocycles. The first-order valence-electron chi connectivity index (χ1n) is 8.64. The normalized spacial score (nSPS) is 10.3. The number of carbonyl (C=O) groups excluding carboxylic acids is 1. The van der Waals surface area contributed by atoms with Crippen molar-refractivity contribution in [3.63, 3.8) is 0 Å². The molecule has 2 aromatic carbocycles. The second kappa shape index (κ2) is 8.31. The lowest BCUT2D eigenvalue weighted by Crippen LogP contribution is -2.16. The number of nitrogens with zero attached hydrogens (tertiary/aromatic N) is 2. The molecule has 1 amide bonds. The topological polar surface area (TPSA) is 76.1 Å². The molecule has 0 aliphatic heterocycles. The fraction of sp³-hybridized carbons (Fsp3) is 0.190. The first-order valence-corrected chi connectivity index (χ1v) is 8.64. The third kappa shape index (κ3) is 4.82. The molecule has 1 aromatic heterocycles. The predicted molar refractivity (Wildman–Crippen MR) is 106 cm³/mol. The van der Waals surface area contributed by atoms with Crippen molar-refractivity contribution < 1.29 is 9.53 Å². The number of rotatable bonds is 6. The zero-order valence-electron chi connectivity index (χ0n) is 15.6. The molecule has 0 radical (unpaired) electrons. The Morgan fingerprint density at radius 2 is 1.78 bits per heavy atom. The Balaban J connectivity index is 1.71. The summed E-state index contributed by atoms with van der Waals surface area (Å²) in [5.41, 5.74) is 4.05. The summed E-state index contributed by atoms with van der Waals surface area (Å²) in [6.07, 6.45) is 0. The van der Waals surface area contributed by atoms with Gasteiger partial charge in [-0.05, 0) is 55.3 Å². The smallest absolute Gasteiger partial charge is 0.274 e. The van der Waals surface area contributed by atoms with E-state index in [9.17, 15) is 4.79 Å². The van der Waals surface area contributed by atoms with Crippen LogP contribution in [-0.4, -0.2) is 23.0 Å². The van der Waals surface area contributed by atoms with Crippen molar-refractivity contribution in [1.29, 1.82) is 0 Å². The average molecular weight is 362 g/mol. The molecule has 6 heteroatoms. The van der Waals surface area contributed by atoms with Crippen molar-refractivity contribution in [3.05, 3.63) is 77.1 Å². The highest BCUT2D eigenvalue weighted by molar-refractivity contribution is 6.03. The Bertz CT molecular complexity index is 939. The van der Waals surface area contributed by atoms with Gasteiger partial charge >= 0.3 is 0 Å². The minimum absolute atomic E-state index is 0.287. The number of ether oxygens (including phenoxy) is 1. The van der Waals surface area contributed by atoms with Crippen LogP contribution in [0, 0.1) is 13.8 Å². The van der Waals surface area contributed by atoms with Crippen molar-refractivity contribution in [1.82, 2.24) is 9.97 Å². The van der Waals surface area contributed by atoms with Crippen LogP contribution < -0.4 is 15.4 Å². The summed E-state index contributed by atoms with van der Waals surface area (Å²) in [5.74, 6) is 0.872. The third-order valence-electron chi connectivity index (χ3n) is 4.13. The quantitative estimate of drug-likeness (QED) is 0.694. The van der Waals surface area contributed by atoms with Crippen LogP contribution in [0.5, 0.6) is 5.75 Å². The molecule has 0 unspecified atom stereocenters. The van der Waals surface area contributed by atoms with Gasteiger partial charge in [-0.25, -0.2) is 9.97 Å². The minimum atomic E-state index is -0.287. The van der Waals surface area contributed by atoms with Gasteiger partial charge in [0.15, 0.2) is 0 Å². The van der Waals surface area contributed by atoms with Crippen molar-refractivity contribution in [3.8, 4) is 5.75 Å². The molecule has 0 saturated carbocycles. The van der Waals surface area contributed by atoms with Crippen molar-refractivity contribution in [2.45, 2.75) is 20.4 Å². The summed E-state index contributed by atoms with van der Waals surface area (Å²) in [6, 6.07) is 16.9. The Labute approximate surface area is 158 Å². The molecule has 0 fully saturated rings. The summed E-state index contributed by atoms with van der Waals surface area (Å²) in [6.45, 7) is 4.49. The maximum Gasteiger partial charge on any atom is 0.274 e. The minimum Gasteiger partial charge on any atom is -0.497 e. The number of aromatic nitrogens is 2. The Morgan fingerprint density at radius 3 is 2.48 bits per heavy atom. The van der Waals surface area contributed by atoms with Gasteiger partial charge in [-0.1, -0.05) is 24.3 Å². The van der Waals surface area contributed by atoms with Crippen LogP contribution in [0.1, 0.15) is 27.3 Å². The van der Waals surface area contributed by atoms with Crippen LogP contribution in [0.15, 0.2) is 54.6 Å². The van der Waals surface area contributed by atoms with E-state index in [1.165, 1.54) is 5.56 Å². The molecule has 1 heterocycles. The van der Waals surface area contributed by atoms with Gasteiger partial charge in [0.1, 0.15) is 11.4 Å². The van der Waals surface area contributed by atoms with Gasteiger partial charge in [0.25, 0.3) is 5.91 Å². The number of hydrogen-bond acceptors (Lipinski definition) is 5. The van der Waals surface area contributed by atoms with Crippen LogP contribution in [-0.2, 0) is 6.54 Å². The summed E-state index contributed by atoms with van der Waals surface area (Å²) >= 11 is 0. The van der Waals surface area contributed by atoms with Crippen molar-refractivity contribution in [2.24, 2.45) is 0 Å². The first-order chi connectivity index (χ1) is 13.0. The number of carbonyl (C=O) groups is 1. The number of benzene rings is 2.